The SMILES string of the molecule is C=CC(C=C)C(/C=C(\C)c1nc2cc(F)c(C)c3c2c(c1CC)CCC3)=C(/C)CCC. The summed E-state index contributed by atoms with van der Waals surface area (Å²) in [7, 11) is 0. The van der Waals surface area contributed by atoms with Gasteiger partial charge >= 0.3 is 0 Å². The highest BCUT2D eigenvalue weighted by Crippen LogP contribution is 2.38. The fraction of sp³-hybridized carbons (Fsp3) is 0.414. The van der Waals surface area contributed by atoms with Gasteiger partial charge in [-0.25, -0.2) is 9.37 Å². The highest BCUT2D eigenvalue weighted by molar-refractivity contribution is 5.91. The van der Waals surface area contributed by atoms with E-state index in [4.69, 9.17) is 4.98 Å². The van der Waals surface area contributed by atoms with Gasteiger partial charge in [-0.05, 0) is 86.3 Å². The Hall–Kier alpha value is -2.48. The summed E-state index contributed by atoms with van der Waals surface area (Å²) in [5.74, 6) is -0.0329. The molecule has 1 aliphatic rings. The summed E-state index contributed by atoms with van der Waals surface area (Å²) in [6, 6.07) is 1.63. The Morgan fingerprint density at radius 1 is 1.16 bits per heavy atom. The average Bonchev–Trinajstić information content (AvgIpc) is 2.77. The Kier molecular flexibility index (Phi) is 7.30. The number of aryl methyl sites for hydroxylation is 2. The van der Waals surface area contributed by atoms with Crippen molar-refractivity contribution in [1.29, 1.82) is 0 Å². The van der Waals surface area contributed by atoms with Crippen LogP contribution in [0.2, 0.25) is 0 Å². The normalized spacial score (nSPS) is 14.7. The summed E-state index contributed by atoms with van der Waals surface area (Å²) in [6.45, 7) is 18.7. The molecule has 0 amide bonds. The lowest BCUT2D eigenvalue weighted by Gasteiger charge is -2.24. The van der Waals surface area contributed by atoms with Crippen LogP contribution in [0.5, 0.6) is 0 Å². The summed E-state index contributed by atoms with van der Waals surface area (Å²) in [5.41, 5.74) is 10.2. The number of halogens is 1. The van der Waals surface area contributed by atoms with Crippen LogP contribution in [0.4, 0.5) is 4.39 Å². The molecule has 0 radical (unpaired) electrons. The van der Waals surface area contributed by atoms with Gasteiger partial charge < -0.3 is 0 Å². The number of pyridine rings is 1. The Balaban J connectivity index is 2.28. The van der Waals surface area contributed by atoms with Crippen LogP contribution >= 0.6 is 0 Å². The van der Waals surface area contributed by atoms with Crippen molar-refractivity contribution in [3.8, 4) is 0 Å². The molecule has 0 fully saturated rings. The lowest BCUT2D eigenvalue weighted by Crippen LogP contribution is -2.11. The van der Waals surface area contributed by atoms with Gasteiger partial charge in [0.25, 0.3) is 0 Å². The summed E-state index contributed by atoms with van der Waals surface area (Å²) in [6.07, 6.45) is 12.3. The third-order valence-corrected chi connectivity index (χ3v) is 6.75. The molecule has 0 unspecified atom stereocenters. The van der Waals surface area contributed by atoms with Crippen LogP contribution in [0.1, 0.15) is 74.9 Å². The molecule has 2 aromatic rings. The molecule has 1 aromatic heterocycles. The molecule has 1 heterocycles. The first-order chi connectivity index (χ1) is 14.9. The van der Waals surface area contributed by atoms with Gasteiger partial charge in [0, 0.05) is 17.4 Å². The number of benzene rings is 1. The molecule has 1 nitrogen and oxygen atoms in total. The van der Waals surface area contributed by atoms with E-state index in [1.807, 2.05) is 19.1 Å². The summed E-state index contributed by atoms with van der Waals surface area (Å²) < 4.78 is 14.7. The minimum atomic E-state index is -0.141. The van der Waals surface area contributed by atoms with Crippen molar-refractivity contribution < 1.29 is 4.39 Å². The maximum absolute atomic E-state index is 14.7. The number of hydrogen-bond acceptors (Lipinski definition) is 1. The van der Waals surface area contributed by atoms with Gasteiger partial charge in [-0.2, -0.15) is 0 Å². The van der Waals surface area contributed by atoms with Gasteiger partial charge in [0.1, 0.15) is 5.82 Å². The second-order valence-corrected chi connectivity index (χ2v) is 8.79. The van der Waals surface area contributed by atoms with E-state index in [0.29, 0.717) is 0 Å². The Morgan fingerprint density at radius 2 is 1.84 bits per heavy atom. The van der Waals surface area contributed by atoms with Gasteiger partial charge in [-0.1, -0.05) is 44.1 Å². The molecule has 0 spiro atoms. The van der Waals surface area contributed by atoms with Crippen molar-refractivity contribution in [2.24, 2.45) is 5.92 Å². The Morgan fingerprint density at radius 3 is 2.45 bits per heavy atom. The van der Waals surface area contributed by atoms with Crippen molar-refractivity contribution in [2.45, 2.75) is 73.1 Å². The third-order valence-electron chi connectivity index (χ3n) is 6.75. The van der Waals surface area contributed by atoms with E-state index >= 15 is 0 Å². The van der Waals surface area contributed by atoms with Gasteiger partial charge in [0.2, 0.25) is 0 Å². The fourth-order valence-corrected chi connectivity index (χ4v) is 5.11. The van der Waals surface area contributed by atoms with Crippen molar-refractivity contribution >= 4 is 16.5 Å². The highest BCUT2D eigenvalue weighted by atomic mass is 19.1. The molecule has 2 heteroatoms. The molecule has 1 aromatic carbocycles. The van der Waals surface area contributed by atoms with Gasteiger partial charge in [0.15, 0.2) is 0 Å². The van der Waals surface area contributed by atoms with Crippen LogP contribution < -0.4 is 0 Å². The summed E-state index contributed by atoms with van der Waals surface area (Å²) in [4.78, 5) is 5.04. The van der Waals surface area contributed by atoms with Gasteiger partial charge in [-0.15, -0.1) is 13.2 Å². The smallest absolute Gasteiger partial charge is 0.128 e. The molecule has 3 rings (SSSR count). The standard InChI is InChI=1S/C29H36FN/c1-8-13-18(5)25(21(9-2)10-3)16-19(6)29-22(11-4)24-15-12-14-23-20(7)26(30)17-27(31-29)28(23)24/h9-10,16-17,21H,2-3,8,11-15H2,1,4-7H3/b19-16+,25-18-. The minimum absolute atomic E-state index is 0.108. The van der Waals surface area contributed by atoms with Crippen LogP contribution in [0.3, 0.4) is 0 Å². The minimum Gasteiger partial charge on any atom is -0.248 e. The van der Waals surface area contributed by atoms with Crippen molar-refractivity contribution in [2.75, 3.05) is 0 Å². The number of aromatic nitrogens is 1. The molecular weight excluding hydrogens is 381 g/mol. The van der Waals surface area contributed by atoms with Crippen molar-refractivity contribution in [1.82, 2.24) is 4.98 Å². The molecule has 0 aliphatic heterocycles. The van der Waals surface area contributed by atoms with Crippen LogP contribution in [0.25, 0.3) is 16.5 Å². The average molecular weight is 418 g/mol. The zero-order chi connectivity index (χ0) is 22.7. The molecule has 164 valence electrons. The second-order valence-electron chi connectivity index (χ2n) is 8.79. The fourth-order valence-electron chi connectivity index (χ4n) is 5.11. The second kappa shape index (κ2) is 9.77. The quantitative estimate of drug-likeness (QED) is 0.311. The highest BCUT2D eigenvalue weighted by Gasteiger charge is 2.23. The van der Waals surface area contributed by atoms with E-state index in [0.717, 1.165) is 66.4 Å². The molecule has 0 bridgehead atoms. The molecule has 0 N–H and O–H groups in total. The first-order valence-electron chi connectivity index (χ1n) is 11.6. The summed E-state index contributed by atoms with van der Waals surface area (Å²) >= 11 is 0. The largest absolute Gasteiger partial charge is 0.248 e. The topological polar surface area (TPSA) is 12.9 Å². The molecule has 0 atom stereocenters. The van der Waals surface area contributed by atoms with E-state index in [9.17, 15) is 4.39 Å². The maximum Gasteiger partial charge on any atom is 0.128 e. The van der Waals surface area contributed by atoms with Gasteiger partial charge in [-0.3, -0.25) is 0 Å². The molecule has 1 aliphatic carbocycles. The first-order valence-corrected chi connectivity index (χ1v) is 11.6. The summed E-state index contributed by atoms with van der Waals surface area (Å²) in [5, 5.41) is 1.20. The van der Waals surface area contributed by atoms with Crippen LogP contribution in [0, 0.1) is 18.7 Å². The Labute approximate surface area is 187 Å². The number of rotatable bonds is 8. The lowest BCUT2D eigenvalue weighted by atomic mass is 9.83. The van der Waals surface area contributed by atoms with E-state index in [1.165, 1.54) is 27.7 Å². The van der Waals surface area contributed by atoms with Crippen molar-refractivity contribution in [3.63, 3.8) is 0 Å². The van der Waals surface area contributed by atoms with Crippen molar-refractivity contribution in [3.05, 3.63) is 82.4 Å². The first kappa shape index (κ1) is 23.2. The van der Waals surface area contributed by atoms with Crippen LogP contribution in [0.15, 0.2) is 48.6 Å². The monoisotopic (exact) mass is 417 g/mol. The molecular formula is C29H36FN. The number of nitrogens with zero attached hydrogens (tertiary/aromatic N) is 1. The third kappa shape index (κ3) is 4.31. The Bertz CT molecular complexity index is 1080. The number of hydrogen-bond donors (Lipinski definition) is 0. The van der Waals surface area contributed by atoms with E-state index in [2.05, 4.69) is 46.9 Å². The molecule has 0 saturated heterocycles. The predicted molar refractivity (Wildman–Crippen MR) is 133 cm³/mol. The molecule has 0 saturated carbocycles. The van der Waals surface area contributed by atoms with E-state index in [1.54, 1.807) is 6.07 Å². The predicted octanol–water partition coefficient (Wildman–Crippen LogP) is 8.24. The number of allylic oxidation sites excluding steroid dienone is 6. The lowest BCUT2D eigenvalue weighted by molar-refractivity contribution is 0.615. The zero-order valence-corrected chi connectivity index (χ0v) is 19.9. The van der Waals surface area contributed by atoms with Crippen LogP contribution in [-0.4, -0.2) is 4.98 Å². The maximum atomic E-state index is 14.7. The van der Waals surface area contributed by atoms with E-state index in [-0.39, 0.29) is 11.7 Å². The van der Waals surface area contributed by atoms with Crippen LogP contribution in [-0.2, 0) is 19.3 Å². The van der Waals surface area contributed by atoms with Gasteiger partial charge in [0.05, 0.1) is 11.2 Å². The van der Waals surface area contributed by atoms with E-state index < -0.39 is 0 Å². The molecule has 31 heavy (non-hydrogen) atoms. The zero-order valence-electron chi connectivity index (χ0n) is 19.9.